The molecule has 0 fully saturated rings. The van der Waals surface area contributed by atoms with Crippen LogP contribution in [0.4, 0.5) is 0 Å². The number of halogens is 2. The Hall–Kier alpha value is -3.20. The maximum absolute atomic E-state index is 12.6. The van der Waals surface area contributed by atoms with Crippen LogP contribution in [0.3, 0.4) is 0 Å². The normalized spacial score (nSPS) is 10.6. The predicted molar refractivity (Wildman–Crippen MR) is 122 cm³/mol. The molecule has 0 aromatic heterocycles. The van der Waals surface area contributed by atoms with E-state index in [0.29, 0.717) is 32.3 Å². The number of benzene rings is 4. The average Bonchev–Trinajstić information content (AvgIpc) is 2.79. The highest BCUT2D eigenvalue weighted by atomic mass is 35.5. The van der Waals surface area contributed by atoms with E-state index in [1.165, 1.54) is 0 Å². The number of rotatable bonds is 5. The predicted octanol–water partition coefficient (Wildman–Crippen LogP) is 7.12. The SMILES string of the molecule is O=C(c1ccc(Cl)cc1)c1ccc(-c2ccc(C(=O)c3ccc(Cl)cc3)cc2)cc1. The van der Waals surface area contributed by atoms with Gasteiger partial charge in [-0.15, -0.1) is 0 Å². The van der Waals surface area contributed by atoms with Gasteiger partial charge in [-0.3, -0.25) is 9.59 Å². The van der Waals surface area contributed by atoms with Crippen LogP contribution < -0.4 is 0 Å². The molecule has 0 bridgehead atoms. The molecule has 0 aliphatic heterocycles. The van der Waals surface area contributed by atoms with Crippen molar-refractivity contribution in [2.24, 2.45) is 0 Å². The van der Waals surface area contributed by atoms with Crippen LogP contribution in [0.15, 0.2) is 97.1 Å². The second kappa shape index (κ2) is 8.66. The Morgan fingerprint density at radius 3 is 0.900 bits per heavy atom. The van der Waals surface area contributed by atoms with Gasteiger partial charge in [0.25, 0.3) is 0 Å². The Morgan fingerprint density at radius 1 is 0.400 bits per heavy atom. The first-order chi connectivity index (χ1) is 14.5. The molecule has 0 amide bonds. The molecule has 0 N–H and O–H groups in total. The summed E-state index contributed by atoms with van der Waals surface area (Å²) in [5.74, 6) is -0.107. The van der Waals surface area contributed by atoms with E-state index < -0.39 is 0 Å². The summed E-state index contributed by atoms with van der Waals surface area (Å²) in [6.07, 6.45) is 0. The Bertz CT molecular complexity index is 1090. The van der Waals surface area contributed by atoms with Crippen molar-refractivity contribution in [3.63, 3.8) is 0 Å². The summed E-state index contributed by atoms with van der Waals surface area (Å²) in [5, 5.41) is 1.19. The molecule has 0 saturated heterocycles. The Morgan fingerprint density at radius 2 is 0.633 bits per heavy atom. The zero-order chi connectivity index (χ0) is 21.1. The topological polar surface area (TPSA) is 34.1 Å². The minimum atomic E-state index is -0.0536. The van der Waals surface area contributed by atoms with Crippen LogP contribution in [-0.4, -0.2) is 11.6 Å². The van der Waals surface area contributed by atoms with Gasteiger partial charge in [-0.25, -0.2) is 0 Å². The van der Waals surface area contributed by atoms with Crippen LogP contribution in [0.2, 0.25) is 10.0 Å². The van der Waals surface area contributed by atoms with Crippen molar-refractivity contribution in [3.8, 4) is 11.1 Å². The van der Waals surface area contributed by atoms with Crippen LogP contribution in [-0.2, 0) is 0 Å². The molecule has 0 atom stereocenters. The Labute approximate surface area is 184 Å². The lowest BCUT2D eigenvalue weighted by Crippen LogP contribution is -2.01. The zero-order valence-electron chi connectivity index (χ0n) is 15.8. The number of ketones is 2. The highest BCUT2D eigenvalue weighted by Gasteiger charge is 2.11. The van der Waals surface area contributed by atoms with Gasteiger partial charge in [-0.1, -0.05) is 71.7 Å². The lowest BCUT2D eigenvalue weighted by Gasteiger charge is -2.06. The van der Waals surface area contributed by atoms with Gasteiger partial charge in [0.05, 0.1) is 0 Å². The van der Waals surface area contributed by atoms with Crippen molar-refractivity contribution in [1.82, 2.24) is 0 Å². The molecular weight excluding hydrogens is 415 g/mol. The second-order valence-corrected chi connectivity index (χ2v) is 7.70. The molecule has 4 aromatic rings. The summed E-state index contributed by atoms with van der Waals surface area (Å²) in [7, 11) is 0. The Kier molecular flexibility index (Phi) is 5.80. The fourth-order valence-electron chi connectivity index (χ4n) is 3.16. The van der Waals surface area contributed by atoms with E-state index >= 15 is 0 Å². The van der Waals surface area contributed by atoms with E-state index in [-0.39, 0.29) is 11.6 Å². The van der Waals surface area contributed by atoms with E-state index in [9.17, 15) is 9.59 Å². The number of hydrogen-bond acceptors (Lipinski definition) is 2. The molecule has 0 heterocycles. The maximum atomic E-state index is 12.6. The molecule has 30 heavy (non-hydrogen) atoms. The summed E-state index contributed by atoms with van der Waals surface area (Å²) >= 11 is 11.8. The molecule has 4 aromatic carbocycles. The van der Waals surface area contributed by atoms with Crippen LogP contribution >= 0.6 is 23.2 Å². The molecule has 2 nitrogen and oxygen atoms in total. The third kappa shape index (κ3) is 4.35. The number of carbonyl (C=O) groups is 2. The van der Waals surface area contributed by atoms with Crippen molar-refractivity contribution >= 4 is 34.8 Å². The van der Waals surface area contributed by atoms with Gasteiger partial charge in [0, 0.05) is 32.3 Å². The third-order valence-electron chi connectivity index (χ3n) is 4.84. The van der Waals surface area contributed by atoms with Crippen LogP contribution in [0.25, 0.3) is 11.1 Å². The second-order valence-electron chi connectivity index (χ2n) is 6.83. The van der Waals surface area contributed by atoms with Gasteiger partial charge in [0.2, 0.25) is 0 Å². The first kappa shape index (κ1) is 20.1. The molecule has 0 aliphatic rings. The molecule has 0 saturated carbocycles. The van der Waals surface area contributed by atoms with Gasteiger partial charge in [0.15, 0.2) is 11.6 Å². The van der Waals surface area contributed by atoms with Crippen molar-refractivity contribution in [2.45, 2.75) is 0 Å². The summed E-state index contributed by atoms with van der Waals surface area (Å²) < 4.78 is 0. The quantitative estimate of drug-likeness (QED) is 0.315. The maximum Gasteiger partial charge on any atom is 0.193 e. The van der Waals surface area contributed by atoms with Crippen molar-refractivity contribution < 1.29 is 9.59 Å². The Balaban J connectivity index is 1.52. The van der Waals surface area contributed by atoms with E-state index in [0.717, 1.165) is 11.1 Å². The first-order valence-corrected chi connectivity index (χ1v) is 10.1. The van der Waals surface area contributed by atoms with E-state index in [1.807, 2.05) is 24.3 Å². The van der Waals surface area contributed by atoms with Gasteiger partial charge in [-0.05, 0) is 59.7 Å². The minimum Gasteiger partial charge on any atom is -0.289 e. The van der Waals surface area contributed by atoms with Crippen LogP contribution in [0.5, 0.6) is 0 Å². The highest BCUT2D eigenvalue weighted by molar-refractivity contribution is 6.31. The van der Waals surface area contributed by atoms with E-state index in [4.69, 9.17) is 23.2 Å². The molecule has 0 aliphatic carbocycles. The summed E-state index contributed by atoms with van der Waals surface area (Å²) in [6.45, 7) is 0. The van der Waals surface area contributed by atoms with Crippen molar-refractivity contribution in [1.29, 1.82) is 0 Å². The molecule has 4 rings (SSSR count). The first-order valence-electron chi connectivity index (χ1n) is 9.32. The summed E-state index contributed by atoms with van der Waals surface area (Å²) in [4.78, 5) is 25.2. The lowest BCUT2D eigenvalue weighted by molar-refractivity contribution is 0.103. The number of hydrogen-bond donors (Lipinski definition) is 0. The van der Waals surface area contributed by atoms with Crippen LogP contribution in [0.1, 0.15) is 31.8 Å². The summed E-state index contributed by atoms with van der Waals surface area (Å²) in [6, 6.07) is 28.5. The van der Waals surface area contributed by atoms with Crippen LogP contribution in [0, 0.1) is 0 Å². The highest BCUT2D eigenvalue weighted by Crippen LogP contribution is 2.23. The molecule has 0 unspecified atom stereocenters. The average molecular weight is 431 g/mol. The van der Waals surface area contributed by atoms with E-state index in [2.05, 4.69) is 0 Å². The smallest absolute Gasteiger partial charge is 0.193 e. The van der Waals surface area contributed by atoms with E-state index in [1.54, 1.807) is 72.8 Å². The fraction of sp³-hybridized carbons (Fsp3) is 0. The summed E-state index contributed by atoms with van der Waals surface area (Å²) in [5.41, 5.74) is 4.34. The largest absolute Gasteiger partial charge is 0.289 e. The van der Waals surface area contributed by atoms with Gasteiger partial charge >= 0.3 is 0 Å². The fourth-order valence-corrected chi connectivity index (χ4v) is 3.42. The molecule has 146 valence electrons. The lowest BCUT2D eigenvalue weighted by atomic mass is 9.97. The van der Waals surface area contributed by atoms with Gasteiger partial charge in [0.1, 0.15) is 0 Å². The van der Waals surface area contributed by atoms with Crippen molar-refractivity contribution in [3.05, 3.63) is 129 Å². The monoisotopic (exact) mass is 430 g/mol. The molecule has 0 radical (unpaired) electrons. The molecule has 4 heteroatoms. The van der Waals surface area contributed by atoms with Gasteiger partial charge < -0.3 is 0 Å². The number of carbonyl (C=O) groups excluding carboxylic acids is 2. The molecular formula is C26H16Cl2O2. The van der Waals surface area contributed by atoms with Gasteiger partial charge in [-0.2, -0.15) is 0 Å². The third-order valence-corrected chi connectivity index (χ3v) is 5.34. The molecule has 0 spiro atoms. The zero-order valence-corrected chi connectivity index (χ0v) is 17.3. The van der Waals surface area contributed by atoms with Crippen molar-refractivity contribution in [2.75, 3.05) is 0 Å². The minimum absolute atomic E-state index is 0.0536. The standard InChI is InChI=1S/C26H16Cl2O2/c27-23-13-9-21(10-14-23)25(29)19-5-1-17(2-6-19)18-3-7-20(8-4-18)26(30)22-11-15-24(28)16-12-22/h1-16H.